The molecule has 1 aliphatic rings. The van der Waals surface area contributed by atoms with Gasteiger partial charge in [0.15, 0.2) is 0 Å². The van der Waals surface area contributed by atoms with Crippen LogP contribution in [0.3, 0.4) is 0 Å². The van der Waals surface area contributed by atoms with Gasteiger partial charge in [-0.25, -0.2) is 18.7 Å². The molecule has 0 bridgehead atoms. The zero-order valence-corrected chi connectivity index (χ0v) is 22.2. The number of benzene rings is 2. The molecule has 9 nitrogen and oxygen atoms in total. The van der Waals surface area contributed by atoms with Gasteiger partial charge in [0.2, 0.25) is 5.95 Å². The van der Waals surface area contributed by atoms with Gasteiger partial charge in [-0.2, -0.15) is 15.2 Å². The molecule has 1 amide bonds. The largest absolute Gasteiger partial charge is 0.327 e. The molecular formula is C30H27FN8O. The number of fused-ring (bicyclic) bond motifs is 1. The second kappa shape index (κ2) is 10.2. The zero-order chi connectivity index (χ0) is 27.8. The molecule has 0 saturated heterocycles. The minimum absolute atomic E-state index is 0.0434. The number of anilines is 2. The van der Waals surface area contributed by atoms with E-state index in [1.165, 1.54) is 18.5 Å². The molecule has 10 heteroatoms. The number of pyridine rings is 1. The van der Waals surface area contributed by atoms with Gasteiger partial charge in [-0.05, 0) is 60.9 Å². The van der Waals surface area contributed by atoms with Crippen molar-refractivity contribution >= 4 is 17.7 Å². The van der Waals surface area contributed by atoms with Crippen molar-refractivity contribution in [1.29, 1.82) is 0 Å². The van der Waals surface area contributed by atoms with E-state index in [0.717, 1.165) is 11.3 Å². The molecule has 40 heavy (non-hydrogen) atoms. The number of carbonyl (C=O) groups excluding carboxylic acids is 1. The van der Waals surface area contributed by atoms with E-state index in [0.29, 0.717) is 39.9 Å². The van der Waals surface area contributed by atoms with Crippen LogP contribution in [0.5, 0.6) is 0 Å². The lowest BCUT2D eigenvalue weighted by Crippen LogP contribution is -2.33. The summed E-state index contributed by atoms with van der Waals surface area (Å²) in [6.07, 6.45) is 5.05. The van der Waals surface area contributed by atoms with Crippen LogP contribution in [0, 0.1) is 18.7 Å². The molecule has 0 radical (unpaired) electrons. The topological polar surface area (TPSA) is 103 Å². The quantitative estimate of drug-likeness (QED) is 0.297. The molecule has 0 saturated carbocycles. The lowest BCUT2D eigenvalue weighted by Gasteiger charge is -2.31. The molecule has 6 rings (SSSR count). The van der Waals surface area contributed by atoms with Crippen molar-refractivity contribution in [2.75, 3.05) is 10.6 Å². The van der Waals surface area contributed by atoms with Crippen LogP contribution in [0.2, 0.25) is 0 Å². The van der Waals surface area contributed by atoms with E-state index >= 15 is 0 Å². The van der Waals surface area contributed by atoms with Crippen LogP contribution < -0.4 is 10.6 Å². The third kappa shape index (κ3) is 4.64. The van der Waals surface area contributed by atoms with Crippen molar-refractivity contribution in [3.05, 3.63) is 114 Å². The van der Waals surface area contributed by atoms with Crippen LogP contribution in [0.1, 0.15) is 31.0 Å². The van der Waals surface area contributed by atoms with E-state index < -0.39 is 6.04 Å². The SMILES string of the molecule is Cc1ccc(NC(=O)C2=C(C(C)C)Nc3ncnn3C2c2cn(-c3ccccc3)nc2-c2ccc(F)cc2)nc1. The first-order chi connectivity index (χ1) is 19.4. The predicted octanol–water partition coefficient (Wildman–Crippen LogP) is 5.54. The Balaban J connectivity index is 1.56. The molecular weight excluding hydrogens is 507 g/mol. The number of amides is 1. The van der Waals surface area contributed by atoms with E-state index in [-0.39, 0.29) is 17.6 Å². The highest BCUT2D eigenvalue weighted by Gasteiger charge is 2.38. The van der Waals surface area contributed by atoms with E-state index in [2.05, 4.69) is 25.7 Å². The highest BCUT2D eigenvalue weighted by molar-refractivity contribution is 6.05. The highest BCUT2D eigenvalue weighted by Crippen LogP contribution is 2.41. The van der Waals surface area contributed by atoms with Gasteiger partial charge >= 0.3 is 0 Å². The molecule has 1 aliphatic heterocycles. The summed E-state index contributed by atoms with van der Waals surface area (Å²) in [6, 6.07) is 18.8. The zero-order valence-electron chi connectivity index (χ0n) is 22.2. The molecule has 0 fully saturated rings. The Hall–Kier alpha value is -5.12. The van der Waals surface area contributed by atoms with Gasteiger partial charge in [0, 0.05) is 29.2 Å². The van der Waals surface area contributed by atoms with Gasteiger partial charge in [0.25, 0.3) is 5.91 Å². The Morgan fingerprint density at radius 2 is 1.80 bits per heavy atom. The molecule has 0 spiro atoms. The van der Waals surface area contributed by atoms with Gasteiger partial charge in [-0.3, -0.25) is 4.79 Å². The number of aromatic nitrogens is 6. The van der Waals surface area contributed by atoms with Crippen molar-refractivity contribution in [2.24, 2.45) is 5.92 Å². The summed E-state index contributed by atoms with van der Waals surface area (Å²) in [7, 11) is 0. The summed E-state index contributed by atoms with van der Waals surface area (Å²) < 4.78 is 17.3. The molecule has 3 aromatic heterocycles. The van der Waals surface area contributed by atoms with Gasteiger partial charge in [0.05, 0.1) is 17.0 Å². The third-order valence-electron chi connectivity index (χ3n) is 6.78. The summed E-state index contributed by atoms with van der Waals surface area (Å²) in [5.41, 5.74) is 5.02. The molecule has 2 N–H and O–H groups in total. The van der Waals surface area contributed by atoms with E-state index in [4.69, 9.17) is 5.10 Å². The highest BCUT2D eigenvalue weighted by atomic mass is 19.1. The summed E-state index contributed by atoms with van der Waals surface area (Å²) in [6.45, 7) is 5.96. The lowest BCUT2D eigenvalue weighted by atomic mass is 9.90. The van der Waals surface area contributed by atoms with Crippen LogP contribution >= 0.6 is 0 Å². The fourth-order valence-electron chi connectivity index (χ4n) is 4.83. The summed E-state index contributed by atoms with van der Waals surface area (Å²) in [5.74, 6) is 0.236. The van der Waals surface area contributed by atoms with Crippen molar-refractivity contribution in [3.8, 4) is 16.9 Å². The lowest BCUT2D eigenvalue weighted by molar-refractivity contribution is -0.113. The van der Waals surface area contributed by atoms with Crippen LogP contribution in [-0.4, -0.2) is 35.4 Å². The van der Waals surface area contributed by atoms with Crippen LogP contribution in [0.15, 0.2) is 96.7 Å². The molecule has 200 valence electrons. The third-order valence-corrected chi connectivity index (χ3v) is 6.78. The fraction of sp³-hybridized carbons (Fsp3) is 0.167. The molecule has 4 heterocycles. The fourth-order valence-corrected chi connectivity index (χ4v) is 4.83. The molecule has 1 atom stereocenters. The maximum absolute atomic E-state index is 14.1. The number of halogens is 1. The molecule has 5 aromatic rings. The smallest absolute Gasteiger partial charge is 0.257 e. The first-order valence-electron chi connectivity index (χ1n) is 12.9. The Morgan fingerprint density at radius 1 is 1.02 bits per heavy atom. The summed E-state index contributed by atoms with van der Waals surface area (Å²) in [5, 5.41) is 15.7. The van der Waals surface area contributed by atoms with Crippen LogP contribution in [0.25, 0.3) is 16.9 Å². The van der Waals surface area contributed by atoms with E-state index in [9.17, 15) is 9.18 Å². The van der Waals surface area contributed by atoms with Crippen molar-refractivity contribution < 1.29 is 9.18 Å². The predicted molar refractivity (Wildman–Crippen MR) is 150 cm³/mol. The normalized spacial score (nSPS) is 14.7. The Labute approximate surface area is 230 Å². The van der Waals surface area contributed by atoms with Gasteiger partial charge in [-0.15, -0.1) is 0 Å². The Bertz CT molecular complexity index is 1700. The van der Waals surface area contributed by atoms with Crippen molar-refractivity contribution in [3.63, 3.8) is 0 Å². The van der Waals surface area contributed by atoms with Crippen LogP contribution in [0.4, 0.5) is 16.2 Å². The number of allylic oxidation sites excluding steroid dienone is 1. The standard InChI is InChI=1S/C30H27FN8O/c1-18(2)26-25(29(40)35-24-14-9-19(3)15-32-24)28(39-30(36-26)33-17-34-39)23-16-38(22-7-5-4-6-8-22)37-27(23)20-10-12-21(31)13-11-20/h4-18,28H,1-3H3,(H,32,35,40)(H,33,34,36). The molecule has 0 aliphatic carbocycles. The number of hydrogen-bond acceptors (Lipinski definition) is 6. The average Bonchev–Trinajstić information content (AvgIpc) is 3.62. The first-order valence-corrected chi connectivity index (χ1v) is 12.9. The number of nitrogens with one attached hydrogen (secondary N) is 2. The van der Waals surface area contributed by atoms with E-state index in [1.807, 2.05) is 63.4 Å². The van der Waals surface area contributed by atoms with Crippen molar-refractivity contribution in [2.45, 2.75) is 26.8 Å². The second-order valence-corrected chi connectivity index (χ2v) is 9.93. The number of rotatable bonds is 6. The van der Waals surface area contributed by atoms with Crippen LogP contribution in [-0.2, 0) is 4.79 Å². The van der Waals surface area contributed by atoms with E-state index in [1.54, 1.807) is 33.8 Å². The molecule has 1 unspecified atom stereocenters. The Kier molecular flexibility index (Phi) is 6.43. The number of hydrogen-bond donors (Lipinski definition) is 2. The number of para-hydroxylation sites is 1. The maximum atomic E-state index is 14.1. The summed E-state index contributed by atoms with van der Waals surface area (Å²) in [4.78, 5) is 22.9. The minimum atomic E-state index is -0.681. The monoisotopic (exact) mass is 534 g/mol. The minimum Gasteiger partial charge on any atom is -0.327 e. The number of aryl methyl sites for hydroxylation is 1. The summed E-state index contributed by atoms with van der Waals surface area (Å²) >= 11 is 0. The Morgan fingerprint density at radius 3 is 2.50 bits per heavy atom. The first kappa shape index (κ1) is 25.2. The average molecular weight is 535 g/mol. The van der Waals surface area contributed by atoms with Crippen molar-refractivity contribution in [1.82, 2.24) is 29.5 Å². The second-order valence-electron chi connectivity index (χ2n) is 9.93. The maximum Gasteiger partial charge on any atom is 0.257 e. The van der Waals surface area contributed by atoms with Gasteiger partial charge in [-0.1, -0.05) is 38.1 Å². The number of nitrogens with zero attached hydrogens (tertiary/aromatic N) is 6. The van der Waals surface area contributed by atoms with Gasteiger partial charge < -0.3 is 10.6 Å². The van der Waals surface area contributed by atoms with Gasteiger partial charge in [0.1, 0.15) is 24.0 Å². The number of carbonyl (C=O) groups is 1. The molecule has 2 aromatic carbocycles.